The molecule has 0 fully saturated rings. The summed E-state index contributed by atoms with van der Waals surface area (Å²) in [5, 5.41) is 0.506. The van der Waals surface area contributed by atoms with E-state index in [-0.39, 0.29) is 5.56 Å². The number of sulfonamides is 1. The molecule has 0 aliphatic carbocycles. The lowest BCUT2D eigenvalue weighted by Crippen LogP contribution is -2.42. The van der Waals surface area contributed by atoms with E-state index in [4.69, 9.17) is 0 Å². The number of aromatic nitrogens is 1. The van der Waals surface area contributed by atoms with Crippen LogP contribution in [0.3, 0.4) is 0 Å². The van der Waals surface area contributed by atoms with E-state index in [1.165, 1.54) is 6.07 Å². The number of hydrogen-bond donors (Lipinski definition) is 2. The van der Waals surface area contributed by atoms with Crippen molar-refractivity contribution in [3.8, 4) is 0 Å². The molecule has 1 amide bonds. The molecular weight excluding hydrogens is 364 g/mol. The van der Waals surface area contributed by atoms with Gasteiger partial charge in [0.05, 0.1) is 11.1 Å². The Labute approximate surface area is 147 Å². The Hall–Kier alpha value is -2.91. The van der Waals surface area contributed by atoms with Crippen LogP contribution >= 0.6 is 0 Å². The van der Waals surface area contributed by atoms with Crippen LogP contribution in [0.2, 0.25) is 0 Å². The van der Waals surface area contributed by atoms with Gasteiger partial charge in [0.1, 0.15) is 11.6 Å². The van der Waals surface area contributed by atoms with Crippen LogP contribution in [0.1, 0.15) is 16.1 Å². The molecule has 26 heavy (non-hydrogen) atoms. The van der Waals surface area contributed by atoms with E-state index >= 15 is 0 Å². The van der Waals surface area contributed by atoms with Crippen molar-refractivity contribution in [1.82, 2.24) is 15.2 Å². The molecule has 0 aliphatic rings. The van der Waals surface area contributed by atoms with Crippen LogP contribution in [0.25, 0.3) is 10.9 Å². The first kappa shape index (κ1) is 17.9. The number of hydrogen-bond acceptors (Lipinski definition) is 4. The molecule has 1 aromatic heterocycles. The molecule has 0 bridgehead atoms. The smallest absolute Gasteiger partial charge is 0.266 e. The summed E-state index contributed by atoms with van der Waals surface area (Å²) in [6.07, 6.45) is 0. The molecule has 2 N–H and O–H groups in total. The van der Waals surface area contributed by atoms with Crippen LogP contribution < -0.4 is 10.3 Å². The van der Waals surface area contributed by atoms with Gasteiger partial charge in [-0.15, -0.1) is 4.83 Å². The van der Waals surface area contributed by atoms with Gasteiger partial charge in [-0.1, -0.05) is 24.3 Å². The Morgan fingerprint density at radius 2 is 1.69 bits per heavy atom. The number of aryl methyl sites for hydroxylation is 1. The van der Waals surface area contributed by atoms with Crippen molar-refractivity contribution in [1.29, 1.82) is 0 Å². The lowest BCUT2D eigenvalue weighted by atomic mass is 10.1. The Morgan fingerprint density at radius 3 is 2.38 bits per heavy atom. The Morgan fingerprint density at radius 1 is 1.04 bits per heavy atom. The maximum atomic E-state index is 13.7. The van der Waals surface area contributed by atoms with Gasteiger partial charge in [0, 0.05) is 11.1 Å². The fourth-order valence-corrected chi connectivity index (χ4v) is 3.45. The fraction of sp³-hybridized carbons (Fsp3) is 0.0588. The third kappa shape index (κ3) is 3.39. The van der Waals surface area contributed by atoms with Crippen LogP contribution in [-0.4, -0.2) is 19.3 Å². The predicted octanol–water partition coefficient (Wildman–Crippen LogP) is 2.44. The SMILES string of the molecule is Cc1cc(C(=O)NNS(=O)(=O)c2c(F)cccc2F)c2ccccc2n1. The average molecular weight is 377 g/mol. The molecule has 0 saturated heterocycles. The van der Waals surface area contributed by atoms with E-state index < -0.39 is 32.5 Å². The number of nitrogens with one attached hydrogen (secondary N) is 2. The second kappa shape index (κ2) is 6.77. The molecule has 2 aromatic carbocycles. The lowest BCUT2D eigenvalue weighted by molar-refractivity contribution is 0.0946. The summed E-state index contributed by atoms with van der Waals surface area (Å²) >= 11 is 0. The molecule has 0 saturated carbocycles. The number of rotatable bonds is 4. The topological polar surface area (TPSA) is 88.2 Å². The van der Waals surface area contributed by atoms with E-state index in [0.29, 0.717) is 16.6 Å². The third-order valence-corrected chi connectivity index (χ3v) is 4.87. The quantitative estimate of drug-likeness (QED) is 0.684. The van der Waals surface area contributed by atoms with E-state index in [0.717, 1.165) is 18.2 Å². The summed E-state index contributed by atoms with van der Waals surface area (Å²) in [4.78, 5) is 17.2. The van der Waals surface area contributed by atoms with Gasteiger partial charge in [0.15, 0.2) is 4.90 Å². The first-order chi connectivity index (χ1) is 12.3. The molecule has 9 heteroatoms. The standard InChI is InChI=1S/C17H13F2N3O3S/c1-10-9-12(11-5-2-3-8-15(11)20-10)17(23)21-22-26(24,25)16-13(18)6-4-7-14(16)19/h2-9,22H,1H3,(H,21,23). The van der Waals surface area contributed by atoms with Gasteiger partial charge < -0.3 is 0 Å². The van der Waals surface area contributed by atoms with Gasteiger partial charge >= 0.3 is 0 Å². The summed E-state index contributed by atoms with van der Waals surface area (Å²) < 4.78 is 51.6. The minimum absolute atomic E-state index is 0.171. The summed E-state index contributed by atoms with van der Waals surface area (Å²) in [5.41, 5.74) is 3.25. The number of benzene rings is 2. The number of pyridine rings is 1. The van der Waals surface area contributed by atoms with Crippen LogP contribution in [-0.2, 0) is 10.0 Å². The summed E-state index contributed by atoms with van der Waals surface area (Å²) in [7, 11) is -4.64. The molecular formula is C17H13F2N3O3S. The van der Waals surface area contributed by atoms with E-state index in [2.05, 4.69) is 4.98 Å². The monoisotopic (exact) mass is 377 g/mol. The van der Waals surface area contributed by atoms with Gasteiger partial charge in [-0.05, 0) is 31.2 Å². The van der Waals surface area contributed by atoms with E-state index in [9.17, 15) is 22.0 Å². The highest BCUT2D eigenvalue weighted by Gasteiger charge is 2.24. The highest BCUT2D eigenvalue weighted by molar-refractivity contribution is 7.89. The summed E-state index contributed by atoms with van der Waals surface area (Å²) in [5.74, 6) is -3.32. The van der Waals surface area contributed by atoms with Gasteiger partial charge in [-0.3, -0.25) is 15.2 Å². The maximum absolute atomic E-state index is 13.7. The number of carbonyl (C=O) groups excluding carboxylic acids is 1. The number of para-hydroxylation sites is 1. The van der Waals surface area contributed by atoms with Crippen LogP contribution in [0.15, 0.2) is 53.4 Å². The van der Waals surface area contributed by atoms with Crippen molar-refractivity contribution in [3.63, 3.8) is 0 Å². The minimum atomic E-state index is -4.64. The van der Waals surface area contributed by atoms with Gasteiger partial charge in [-0.25, -0.2) is 17.2 Å². The number of hydrazine groups is 1. The molecule has 3 aromatic rings. The van der Waals surface area contributed by atoms with Crippen molar-refractivity contribution < 1.29 is 22.0 Å². The first-order valence-corrected chi connectivity index (χ1v) is 8.90. The number of amides is 1. The summed E-state index contributed by atoms with van der Waals surface area (Å²) in [6.45, 7) is 1.68. The average Bonchev–Trinajstić information content (AvgIpc) is 2.58. The Bertz CT molecular complexity index is 1100. The molecule has 1 heterocycles. The summed E-state index contributed by atoms with van der Waals surface area (Å²) in [6, 6.07) is 10.9. The normalized spacial score (nSPS) is 11.5. The zero-order chi connectivity index (χ0) is 18.9. The van der Waals surface area contributed by atoms with Gasteiger partial charge in [0.2, 0.25) is 0 Å². The highest BCUT2D eigenvalue weighted by atomic mass is 32.2. The molecule has 3 rings (SSSR count). The zero-order valence-corrected chi connectivity index (χ0v) is 14.3. The van der Waals surface area contributed by atoms with Crippen molar-refractivity contribution >= 4 is 26.8 Å². The molecule has 0 unspecified atom stereocenters. The molecule has 0 atom stereocenters. The third-order valence-electron chi connectivity index (χ3n) is 3.58. The van der Waals surface area contributed by atoms with Crippen molar-refractivity contribution in [2.24, 2.45) is 0 Å². The number of halogens is 2. The van der Waals surface area contributed by atoms with Crippen molar-refractivity contribution in [2.45, 2.75) is 11.8 Å². The predicted molar refractivity (Wildman–Crippen MR) is 90.6 cm³/mol. The minimum Gasteiger partial charge on any atom is -0.273 e. The molecule has 0 radical (unpaired) electrons. The van der Waals surface area contributed by atoms with Crippen LogP contribution in [0, 0.1) is 18.6 Å². The van der Waals surface area contributed by atoms with Gasteiger partial charge in [0.25, 0.3) is 15.9 Å². The van der Waals surface area contributed by atoms with Crippen LogP contribution in [0.4, 0.5) is 8.78 Å². The molecule has 6 nitrogen and oxygen atoms in total. The second-order valence-corrected chi connectivity index (χ2v) is 7.06. The van der Waals surface area contributed by atoms with E-state index in [1.54, 1.807) is 36.0 Å². The van der Waals surface area contributed by atoms with Crippen LogP contribution in [0.5, 0.6) is 0 Å². The van der Waals surface area contributed by atoms with Gasteiger partial charge in [-0.2, -0.15) is 0 Å². The van der Waals surface area contributed by atoms with Crippen molar-refractivity contribution in [2.75, 3.05) is 0 Å². The molecule has 0 aliphatic heterocycles. The largest absolute Gasteiger partial charge is 0.273 e. The fourth-order valence-electron chi connectivity index (χ4n) is 2.47. The zero-order valence-electron chi connectivity index (χ0n) is 13.5. The Kier molecular flexibility index (Phi) is 4.66. The van der Waals surface area contributed by atoms with E-state index in [1.807, 2.05) is 5.43 Å². The number of nitrogens with zero attached hydrogens (tertiary/aromatic N) is 1. The number of fused-ring (bicyclic) bond motifs is 1. The lowest BCUT2D eigenvalue weighted by Gasteiger charge is -2.11. The second-order valence-electron chi connectivity index (χ2n) is 5.44. The maximum Gasteiger partial charge on any atom is 0.266 e. The molecule has 134 valence electrons. The highest BCUT2D eigenvalue weighted by Crippen LogP contribution is 2.19. The van der Waals surface area contributed by atoms with Crippen molar-refractivity contribution in [3.05, 3.63) is 71.4 Å². The first-order valence-electron chi connectivity index (χ1n) is 7.42. The molecule has 0 spiro atoms. The number of carbonyl (C=O) groups is 1. The Balaban J connectivity index is 1.90.